The molecule has 1 heterocycles. The van der Waals surface area contributed by atoms with Crippen LogP contribution in [-0.2, 0) is 0 Å². The van der Waals surface area contributed by atoms with Gasteiger partial charge in [0.1, 0.15) is 11.2 Å². The first-order valence-corrected chi connectivity index (χ1v) is 16.4. The second kappa shape index (κ2) is 10.6. The van der Waals surface area contributed by atoms with Crippen LogP contribution >= 0.6 is 0 Å². The van der Waals surface area contributed by atoms with E-state index in [-0.39, 0.29) is 0 Å². The van der Waals surface area contributed by atoms with E-state index in [0.29, 0.717) is 0 Å². The number of nitrogens with zero attached hydrogens (tertiary/aromatic N) is 1. The summed E-state index contributed by atoms with van der Waals surface area (Å²) >= 11 is 0. The number of anilines is 3. The first-order chi connectivity index (χ1) is 23.8. The number of fused-ring (bicyclic) bond motifs is 9. The van der Waals surface area contributed by atoms with E-state index in [2.05, 4.69) is 169 Å². The van der Waals surface area contributed by atoms with Crippen LogP contribution in [0.1, 0.15) is 0 Å². The fourth-order valence-electron chi connectivity index (χ4n) is 7.41. The quantitative estimate of drug-likeness (QED) is 0.184. The predicted octanol–water partition coefficient (Wildman–Crippen LogP) is 13.3. The van der Waals surface area contributed by atoms with Crippen molar-refractivity contribution in [2.45, 2.75) is 0 Å². The van der Waals surface area contributed by atoms with Crippen LogP contribution in [0.3, 0.4) is 0 Å². The molecule has 10 rings (SSSR count). The second-order valence-electron chi connectivity index (χ2n) is 12.6. The van der Waals surface area contributed by atoms with Gasteiger partial charge in [-0.2, -0.15) is 0 Å². The van der Waals surface area contributed by atoms with E-state index < -0.39 is 0 Å². The maximum Gasteiger partial charge on any atom is 0.135 e. The van der Waals surface area contributed by atoms with E-state index >= 15 is 0 Å². The van der Waals surface area contributed by atoms with E-state index in [1.807, 2.05) is 12.1 Å². The monoisotopic (exact) mass is 611 g/mol. The van der Waals surface area contributed by atoms with Crippen molar-refractivity contribution in [3.05, 3.63) is 176 Å². The lowest BCUT2D eigenvalue weighted by Crippen LogP contribution is -2.09. The summed E-state index contributed by atoms with van der Waals surface area (Å²) in [7, 11) is 0. The van der Waals surface area contributed by atoms with E-state index in [4.69, 9.17) is 4.42 Å². The van der Waals surface area contributed by atoms with Gasteiger partial charge in [0, 0.05) is 27.8 Å². The molecular formula is C46H29NO. The number of benzene rings is 9. The Morgan fingerprint density at radius 2 is 0.750 bits per heavy atom. The number of rotatable bonds is 4. The van der Waals surface area contributed by atoms with Crippen molar-refractivity contribution in [3.63, 3.8) is 0 Å². The Morgan fingerprint density at radius 3 is 1.46 bits per heavy atom. The molecule has 0 amide bonds. The van der Waals surface area contributed by atoms with E-state index in [1.54, 1.807) is 0 Å². The zero-order valence-electron chi connectivity index (χ0n) is 26.1. The molecule has 0 saturated carbocycles. The SMILES string of the molecule is c1ccc2c(c1)ccc1ccc(-c3ccc(N(c4ccc5ccc6ccccc6c5c4)c4ccc5oc6ccccc6c5c4)cc3)cc12. The molecule has 10 aromatic rings. The highest BCUT2D eigenvalue weighted by molar-refractivity contribution is 6.11. The van der Waals surface area contributed by atoms with E-state index in [0.717, 1.165) is 39.0 Å². The molecule has 0 N–H and O–H groups in total. The minimum atomic E-state index is 0.892. The summed E-state index contributed by atoms with van der Waals surface area (Å²) in [6, 6.07) is 63.5. The van der Waals surface area contributed by atoms with E-state index in [9.17, 15) is 0 Å². The molecule has 0 radical (unpaired) electrons. The Hall–Kier alpha value is -6.38. The molecule has 1 aromatic heterocycles. The molecule has 0 unspecified atom stereocenters. The van der Waals surface area contributed by atoms with Crippen LogP contribution in [0.2, 0.25) is 0 Å². The molecule has 0 aliphatic heterocycles. The van der Waals surface area contributed by atoms with Gasteiger partial charge >= 0.3 is 0 Å². The van der Waals surface area contributed by atoms with Crippen LogP contribution in [0.5, 0.6) is 0 Å². The van der Waals surface area contributed by atoms with Gasteiger partial charge in [-0.1, -0.05) is 121 Å². The van der Waals surface area contributed by atoms with Crippen LogP contribution in [-0.4, -0.2) is 0 Å². The molecule has 0 fully saturated rings. The standard InChI is InChI=1S/C46H29NO/c1-3-9-39-31(7-1)13-15-33-17-18-35(27-42(33)39)30-19-22-36(23-20-30)47(38-25-26-46-44(29-38)41-11-5-6-12-45(41)48-46)37-24-21-34-16-14-32-8-2-4-10-40(32)43(34)28-37/h1-29H. The summed E-state index contributed by atoms with van der Waals surface area (Å²) < 4.78 is 6.21. The highest BCUT2D eigenvalue weighted by Crippen LogP contribution is 2.41. The Labute approximate surface area is 277 Å². The third-order valence-corrected chi connectivity index (χ3v) is 9.81. The topological polar surface area (TPSA) is 16.4 Å². The normalized spacial score (nSPS) is 11.8. The molecular weight excluding hydrogens is 583 g/mol. The molecule has 48 heavy (non-hydrogen) atoms. The van der Waals surface area contributed by atoms with Crippen molar-refractivity contribution < 1.29 is 4.42 Å². The van der Waals surface area contributed by atoms with Crippen molar-refractivity contribution in [1.29, 1.82) is 0 Å². The maximum absolute atomic E-state index is 6.21. The third-order valence-electron chi connectivity index (χ3n) is 9.81. The zero-order chi connectivity index (χ0) is 31.6. The Balaban J connectivity index is 1.14. The van der Waals surface area contributed by atoms with Gasteiger partial charge in [0.25, 0.3) is 0 Å². The average molecular weight is 612 g/mol. The van der Waals surface area contributed by atoms with E-state index in [1.165, 1.54) is 54.2 Å². The highest BCUT2D eigenvalue weighted by atomic mass is 16.3. The number of furan rings is 1. The first-order valence-electron chi connectivity index (χ1n) is 16.4. The fourth-order valence-corrected chi connectivity index (χ4v) is 7.41. The van der Waals surface area contributed by atoms with Crippen LogP contribution in [0, 0.1) is 0 Å². The van der Waals surface area contributed by atoms with Gasteiger partial charge in [-0.15, -0.1) is 0 Å². The van der Waals surface area contributed by atoms with Crippen LogP contribution in [0.4, 0.5) is 17.1 Å². The smallest absolute Gasteiger partial charge is 0.135 e. The summed E-state index contributed by atoms with van der Waals surface area (Å²) in [6.45, 7) is 0. The van der Waals surface area contributed by atoms with Crippen LogP contribution in [0.25, 0.3) is 76.2 Å². The lowest BCUT2D eigenvalue weighted by atomic mass is 9.97. The first kappa shape index (κ1) is 26.8. The summed E-state index contributed by atoms with van der Waals surface area (Å²) in [5.74, 6) is 0. The average Bonchev–Trinajstić information content (AvgIpc) is 3.53. The van der Waals surface area contributed by atoms with Crippen molar-refractivity contribution >= 4 is 82.1 Å². The van der Waals surface area contributed by atoms with Crippen molar-refractivity contribution in [1.82, 2.24) is 0 Å². The van der Waals surface area contributed by atoms with Gasteiger partial charge in [-0.05, 0) is 109 Å². The number of hydrogen-bond acceptors (Lipinski definition) is 2. The molecule has 2 nitrogen and oxygen atoms in total. The van der Waals surface area contributed by atoms with Crippen LogP contribution in [0.15, 0.2) is 180 Å². The van der Waals surface area contributed by atoms with Gasteiger partial charge in [0.05, 0.1) is 0 Å². The van der Waals surface area contributed by atoms with Crippen molar-refractivity contribution in [2.24, 2.45) is 0 Å². The van der Waals surface area contributed by atoms with Gasteiger partial charge in [-0.3, -0.25) is 0 Å². The molecule has 0 aliphatic rings. The van der Waals surface area contributed by atoms with Crippen molar-refractivity contribution in [2.75, 3.05) is 4.90 Å². The van der Waals surface area contributed by atoms with Crippen molar-refractivity contribution in [3.8, 4) is 11.1 Å². The molecule has 0 atom stereocenters. The Bertz CT molecular complexity index is 2840. The zero-order valence-corrected chi connectivity index (χ0v) is 26.1. The second-order valence-corrected chi connectivity index (χ2v) is 12.6. The molecule has 0 spiro atoms. The summed E-state index contributed by atoms with van der Waals surface area (Å²) in [6.07, 6.45) is 0. The summed E-state index contributed by atoms with van der Waals surface area (Å²) in [4.78, 5) is 2.36. The Morgan fingerprint density at radius 1 is 0.292 bits per heavy atom. The molecule has 224 valence electrons. The van der Waals surface area contributed by atoms with Gasteiger partial charge < -0.3 is 9.32 Å². The lowest BCUT2D eigenvalue weighted by molar-refractivity contribution is 0.669. The van der Waals surface area contributed by atoms with Gasteiger partial charge in [0.15, 0.2) is 0 Å². The fraction of sp³-hybridized carbons (Fsp3) is 0. The number of hydrogen-bond donors (Lipinski definition) is 0. The number of para-hydroxylation sites is 1. The summed E-state index contributed by atoms with van der Waals surface area (Å²) in [5.41, 5.74) is 7.48. The molecule has 0 bridgehead atoms. The predicted molar refractivity (Wildman–Crippen MR) is 204 cm³/mol. The molecule has 2 heteroatoms. The third kappa shape index (κ3) is 4.27. The van der Waals surface area contributed by atoms with Gasteiger partial charge in [-0.25, -0.2) is 0 Å². The maximum atomic E-state index is 6.21. The molecule has 0 aliphatic carbocycles. The molecule has 9 aromatic carbocycles. The lowest BCUT2D eigenvalue weighted by Gasteiger charge is -2.26. The van der Waals surface area contributed by atoms with Crippen LogP contribution < -0.4 is 4.90 Å². The molecule has 0 saturated heterocycles. The largest absolute Gasteiger partial charge is 0.456 e. The van der Waals surface area contributed by atoms with Gasteiger partial charge in [0.2, 0.25) is 0 Å². The highest BCUT2D eigenvalue weighted by Gasteiger charge is 2.17. The minimum Gasteiger partial charge on any atom is -0.456 e. The summed E-state index contributed by atoms with van der Waals surface area (Å²) in [5, 5.41) is 12.3. The Kier molecular flexibility index (Phi) is 5.91. The minimum absolute atomic E-state index is 0.892.